The van der Waals surface area contributed by atoms with Crippen LogP contribution in [0.15, 0.2) is 16.6 Å². The Hall–Kier alpha value is -0.800. The van der Waals surface area contributed by atoms with Gasteiger partial charge in [0, 0.05) is 6.54 Å². The van der Waals surface area contributed by atoms with Crippen LogP contribution in [0.4, 0.5) is 13.2 Å². The Morgan fingerprint density at radius 2 is 2.08 bits per heavy atom. The lowest BCUT2D eigenvalue weighted by molar-refractivity contribution is -0.0578. The summed E-state index contributed by atoms with van der Waals surface area (Å²) in [7, 11) is 0. The minimum atomic E-state index is -4.29. The van der Waals surface area contributed by atoms with Gasteiger partial charge in [-0.2, -0.15) is 13.2 Å². The van der Waals surface area contributed by atoms with Crippen LogP contribution in [0, 0.1) is 0 Å². The fourth-order valence-electron chi connectivity index (χ4n) is 1.08. The van der Waals surface area contributed by atoms with Crippen molar-refractivity contribution in [2.75, 3.05) is 6.54 Å². The molecule has 0 atom stereocenters. The van der Waals surface area contributed by atoms with E-state index in [-0.39, 0.29) is 6.54 Å². The van der Waals surface area contributed by atoms with E-state index in [0.29, 0.717) is 12.8 Å². The van der Waals surface area contributed by atoms with Gasteiger partial charge < -0.3 is 0 Å². The van der Waals surface area contributed by atoms with Crippen LogP contribution in [-0.4, -0.2) is 18.4 Å². The largest absolute Gasteiger partial charge is 0.432 e. The highest BCUT2D eigenvalue weighted by Gasteiger charge is 2.34. The molecule has 0 N–H and O–H groups in total. The number of hydrogen-bond donors (Lipinski definition) is 0. The molecule has 0 aromatic heterocycles. The van der Waals surface area contributed by atoms with Gasteiger partial charge in [0.25, 0.3) is 0 Å². The zero-order chi connectivity index (χ0) is 9.19. The first-order valence-electron chi connectivity index (χ1n) is 3.79. The molecule has 0 saturated heterocycles. The monoisotopic (exact) mass is 177 g/mol. The maximum absolute atomic E-state index is 12.1. The van der Waals surface area contributed by atoms with Crippen LogP contribution in [0.2, 0.25) is 0 Å². The number of alkyl halides is 3. The van der Waals surface area contributed by atoms with Crippen molar-refractivity contribution in [1.82, 2.24) is 0 Å². The summed E-state index contributed by atoms with van der Waals surface area (Å²) >= 11 is 0. The Bertz CT molecular complexity index is 225. The first-order valence-corrected chi connectivity index (χ1v) is 3.79. The third kappa shape index (κ3) is 2.36. The first kappa shape index (κ1) is 9.29. The lowest BCUT2D eigenvalue weighted by Crippen LogP contribution is -2.20. The van der Waals surface area contributed by atoms with E-state index in [0.717, 1.165) is 11.6 Å². The van der Waals surface area contributed by atoms with Gasteiger partial charge in [-0.15, -0.1) is 0 Å². The number of rotatable bonds is 0. The molecule has 0 radical (unpaired) electrons. The van der Waals surface area contributed by atoms with Crippen molar-refractivity contribution in [2.45, 2.75) is 25.9 Å². The summed E-state index contributed by atoms with van der Waals surface area (Å²) in [5, 5.41) is 0. The summed E-state index contributed by atoms with van der Waals surface area (Å²) in [6.07, 6.45) is -1.73. The van der Waals surface area contributed by atoms with Crippen molar-refractivity contribution >= 4 is 5.71 Å². The molecule has 12 heavy (non-hydrogen) atoms. The predicted molar refractivity (Wildman–Crippen MR) is 41.3 cm³/mol. The molecule has 4 heteroatoms. The highest BCUT2D eigenvalue weighted by Crippen LogP contribution is 2.22. The van der Waals surface area contributed by atoms with Crippen LogP contribution in [0.1, 0.15) is 19.8 Å². The van der Waals surface area contributed by atoms with E-state index in [1.165, 1.54) is 0 Å². The Kier molecular flexibility index (Phi) is 2.55. The molecule has 0 unspecified atom stereocenters. The van der Waals surface area contributed by atoms with Crippen LogP contribution in [0.3, 0.4) is 0 Å². The second-order valence-electron chi connectivity index (χ2n) is 2.86. The van der Waals surface area contributed by atoms with Crippen LogP contribution in [-0.2, 0) is 0 Å². The molecule has 68 valence electrons. The molecular weight excluding hydrogens is 167 g/mol. The van der Waals surface area contributed by atoms with Gasteiger partial charge in [-0.1, -0.05) is 5.57 Å². The van der Waals surface area contributed by atoms with Gasteiger partial charge >= 0.3 is 6.18 Å². The summed E-state index contributed by atoms with van der Waals surface area (Å²) < 4.78 is 36.4. The smallest absolute Gasteiger partial charge is 0.281 e. The van der Waals surface area contributed by atoms with E-state index in [1.54, 1.807) is 6.92 Å². The SMILES string of the molecule is CC1=CC(C(F)(F)F)=NCCC1. The highest BCUT2D eigenvalue weighted by molar-refractivity contribution is 6.00. The lowest BCUT2D eigenvalue weighted by Gasteiger charge is -2.05. The molecule has 1 heterocycles. The Balaban J connectivity index is 2.86. The number of allylic oxidation sites excluding steroid dienone is 2. The molecule has 0 fully saturated rings. The number of hydrogen-bond acceptors (Lipinski definition) is 1. The molecule has 1 aliphatic rings. The second-order valence-corrected chi connectivity index (χ2v) is 2.86. The zero-order valence-electron chi connectivity index (χ0n) is 6.78. The van der Waals surface area contributed by atoms with Crippen molar-refractivity contribution in [3.63, 3.8) is 0 Å². The molecule has 0 amide bonds. The number of nitrogens with zero attached hydrogens (tertiary/aromatic N) is 1. The highest BCUT2D eigenvalue weighted by atomic mass is 19.4. The van der Waals surface area contributed by atoms with Crippen molar-refractivity contribution in [3.8, 4) is 0 Å². The molecule has 0 aliphatic carbocycles. The van der Waals surface area contributed by atoms with Crippen molar-refractivity contribution in [3.05, 3.63) is 11.6 Å². The minimum absolute atomic E-state index is 0.280. The molecule has 0 spiro atoms. The Labute approximate surface area is 69.0 Å². The molecule has 0 aromatic carbocycles. The summed E-state index contributed by atoms with van der Waals surface area (Å²) in [6, 6.07) is 0. The molecule has 0 bridgehead atoms. The van der Waals surface area contributed by atoms with E-state index in [4.69, 9.17) is 0 Å². The van der Waals surface area contributed by atoms with E-state index in [9.17, 15) is 13.2 Å². The fourth-order valence-corrected chi connectivity index (χ4v) is 1.08. The van der Waals surface area contributed by atoms with Crippen molar-refractivity contribution < 1.29 is 13.2 Å². The third-order valence-electron chi connectivity index (χ3n) is 1.68. The molecule has 0 aromatic rings. The summed E-state index contributed by atoms with van der Waals surface area (Å²) in [5.41, 5.74) is 0.0149. The summed E-state index contributed by atoms with van der Waals surface area (Å²) in [4.78, 5) is 3.46. The number of aliphatic imine (C=N–C) groups is 1. The van der Waals surface area contributed by atoms with Gasteiger partial charge in [0.1, 0.15) is 5.71 Å². The maximum Gasteiger partial charge on any atom is 0.432 e. The molecule has 0 saturated carbocycles. The maximum atomic E-state index is 12.1. The van der Waals surface area contributed by atoms with Gasteiger partial charge in [-0.05, 0) is 25.8 Å². The Morgan fingerprint density at radius 1 is 1.42 bits per heavy atom. The third-order valence-corrected chi connectivity index (χ3v) is 1.68. The van der Waals surface area contributed by atoms with E-state index >= 15 is 0 Å². The number of halogens is 3. The second kappa shape index (κ2) is 3.29. The average Bonchev–Trinajstić information content (AvgIpc) is 2.11. The van der Waals surface area contributed by atoms with Crippen LogP contribution < -0.4 is 0 Å². The predicted octanol–water partition coefficient (Wildman–Crippen LogP) is 2.73. The fraction of sp³-hybridized carbons (Fsp3) is 0.625. The summed E-state index contributed by atoms with van der Waals surface area (Å²) in [5.74, 6) is 0. The normalized spacial score (nSPS) is 19.7. The van der Waals surface area contributed by atoms with Gasteiger partial charge in [0.15, 0.2) is 0 Å². The van der Waals surface area contributed by atoms with Crippen LogP contribution in [0.25, 0.3) is 0 Å². The molecule has 1 rings (SSSR count). The lowest BCUT2D eigenvalue weighted by atomic mass is 10.1. The topological polar surface area (TPSA) is 12.4 Å². The van der Waals surface area contributed by atoms with Gasteiger partial charge in [-0.25, -0.2) is 0 Å². The zero-order valence-corrected chi connectivity index (χ0v) is 6.78. The van der Waals surface area contributed by atoms with E-state index < -0.39 is 11.9 Å². The molecule has 1 nitrogen and oxygen atoms in total. The van der Waals surface area contributed by atoms with Crippen LogP contribution >= 0.6 is 0 Å². The van der Waals surface area contributed by atoms with Crippen molar-refractivity contribution in [2.24, 2.45) is 4.99 Å². The van der Waals surface area contributed by atoms with Crippen LogP contribution in [0.5, 0.6) is 0 Å². The average molecular weight is 177 g/mol. The standard InChI is InChI=1S/C8H10F3N/c1-6-3-2-4-12-7(5-6)8(9,10)11/h5H,2-4H2,1H3. The van der Waals surface area contributed by atoms with Crippen molar-refractivity contribution in [1.29, 1.82) is 0 Å². The summed E-state index contributed by atoms with van der Waals surface area (Å²) in [6.45, 7) is 1.98. The molecular formula is C8H10F3N. The van der Waals surface area contributed by atoms with Gasteiger partial charge in [0.05, 0.1) is 0 Å². The minimum Gasteiger partial charge on any atom is -0.281 e. The van der Waals surface area contributed by atoms with Gasteiger partial charge in [0.2, 0.25) is 0 Å². The first-order chi connectivity index (χ1) is 5.50. The molecule has 1 aliphatic heterocycles. The van der Waals surface area contributed by atoms with E-state index in [2.05, 4.69) is 4.99 Å². The Morgan fingerprint density at radius 3 is 2.67 bits per heavy atom. The van der Waals surface area contributed by atoms with Gasteiger partial charge in [-0.3, -0.25) is 4.99 Å². The quantitative estimate of drug-likeness (QED) is 0.539. The van der Waals surface area contributed by atoms with E-state index in [1.807, 2.05) is 0 Å².